The molecule has 2 aliphatic heterocycles. The number of carbonyl (C=O) groups excluding carboxylic acids is 2. The second-order valence-corrected chi connectivity index (χ2v) is 15.2. The molecule has 2 aliphatic rings. The maximum Gasteiger partial charge on any atom is 0.331 e. The van der Waals surface area contributed by atoms with Gasteiger partial charge < -0.3 is 47.6 Å². The fourth-order valence-electron chi connectivity index (χ4n) is 8.22. The third-order valence-corrected chi connectivity index (χ3v) is 11.5. The highest BCUT2D eigenvalue weighted by molar-refractivity contribution is 5.91. The first kappa shape index (κ1) is 42.7. The van der Waals surface area contributed by atoms with Crippen molar-refractivity contribution in [2.45, 2.75) is 58.4 Å². The number of rotatable bonds is 19. The van der Waals surface area contributed by atoms with Gasteiger partial charge in [-0.3, -0.25) is 0 Å². The van der Waals surface area contributed by atoms with Gasteiger partial charge in [0, 0.05) is 49.0 Å². The molecule has 0 saturated carbocycles. The van der Waals surface area contributed by atoms with Crippen LogP contribution < -0.4 is 14.2 Å². The zero-order valence-electron chi connectivity index (χ0n) is 33.7. The molecule has 3 aromatic rings. The Bertz CT molecular complexity index is 1820. The van der Waals surface area contributed by atoms with Crippen molar-refractivity contribution in [2.75, 3.05) is 87.5 Å². The van der Waals surface area contributed by atoms with E-state index in [9.17, 15) is 19.8 Å². The first-order chi connectivity index (χ1) is 27.1. The number of quaternary nitrogens is 2. The van der Waals surface area contributed by atoms with Gasteiger partial charge in [-0.05, 0) is 59.0 Å². The second-order valence-electron chi connectivity index (χ2n) is 15.2. The van der Waals surface area contributed by atoms with E-state index < -0.39 is 11.9 Å². The number of esters is 2. The van der Waals surface area contributed by atoms with Gasteiger partial charge in [0.1, 0.15) is 31.4 Å². The standard InChI is InChI=1S/C44H60N2O10/c1-32-8-9-34(26-41(32)52-4)29-46(18-22-54-23-19-46)16-7-21-56-44(50)13-12-43(49)55-20-6-15-45(2)17-14-35-27-36(30-47)37(31-48)28-38(35)39(45)24-33-10-11-40(51-3)42(25-33)53-5/h8-13,25-28,39,47-48H,6-7,14-24,29-31H2,1-5H3/q+2/b13-12-/t39-,45-/m1/s1. The van der Waals surface area contributed by atoms with Crippen LogP contribution in [0.5, 0.6) is 17.2 Å². The number of hydrogen-bond acceptors (Lipinski definition) is 10. The van der Waals surface area contributed by atoms with Crippen molar-refractivity contribution in [1.82, 2.24) is 0 Å². The van der Waals surface area contributed by atoms with Crippen LogP contribution in [0.2, 0.25) is 0 Å². The van der Waals surface area contributed by atoms with E-state index in [-0.39, 0.29) is 32.5 Å². The lowest BCUT2D eigenvalue weighted by molar-refractivity contribution is -0.947. The van der Waals surface area contributed by atoms with Crippen molar-refractivity contribution in [3.63, 3.8) is 0 Å². The minimum Gasteiger partial charge on any atom is -0.496 e. The molecule has 56 heavy (non-hydrogen) atoms. The number of fused-ring (bicyclic) bond motifs is 1. The summed E-state index contributed by atoms with van der Waals surface area (Å²) in [6.07, 6.45) is 5.08. The number of likely N-dealkylation sites (N-methyl/N-ethyl adjacent to an activating group) is 1. The molecule has 304 valence electrons. The lowest BCUT2D eigenvalue weighted by Crippen LogP contribution is -2.55. The molecule has 5 rings (SSSR count). The molecule has 1 saturated heterocycles. The number of aryl methyl sites for hydroxylation is 1. The first-order valence-corrected chi connectivity index (χ1v) is 19.5. The molecule has 0 bridgehead atoms. The van der Waals surface area contributed by atoms with Crippen molar-refractivity contribution in [2.24, 2.45) is 0 Å². The smallest absolute Gasteiger partial charge is 0.331 e. The Labute approximate surface area is 331 Å². The molecule has 0 aromatic heterocycles. The molecule has 2 atom stereocenters. The van der Waals surface area contributed by atoms with Crippen LogP contribution in [-0.4, -0.2) is 119 Å². The maximum atomic E-state index is 12.6. The number of benzene rings is 3. The summed E-state index contributed by atoms with van der Waals surface area (Å²) in [6, 6.07) is 16.4. The monoisotopic (exact) mass is 776 g/mol. The fourth-order valence-corrected chi connectivity index (χ4v) is 8.22. The molecule has 0 radical (unpaired) electrons. The van der Waals surface area contributed by atoms with Gasteiger partial charge in [-0.2, -0.15) is 0 Å². The molecule has 0 unspecified atom stereocenters. The van der Waals surface area contributed by atoms with Crippen LogP contribution in [0.25, 0.3) is 0 Å². The van der Waals surface area contributed by atoms with Crippen molar-refractivity contribution in [3.05, 3.63) is 99.6 Å². The highest BCUT2D eigenvalue weighted by Gasteiger charge is 2.39. The predicted molar refractivity (Wildman–Crippen MR) is 211 cm³/mol. The topological polar surface area (TPSA) is 130 Å². The third kappa shape index (κ3) is 10.9. The summed E-state index contributed by atoms with van der Waals surface area (Å²) in [5.41, 5.74) is 7.15. The minimum atomic E-state index is -0.592. The van der Waals surface area contributed by atoms with E-state index in [1.165, 1.54) is 11.1 Å². The Hall–Kier alpha value is -4.46. The van der Waals surface area contributed by atoms with E-state index in [4.69, 9.17) is 28.4 Å². The number of carbonyl (C=O) groups is 2. The minimum absolute atomic E-state index is 0.0338. The van der Waals surface area contributed by atoms with Crippen LogP contribution in [0, 0.1) is 6.92 Å². The normalized spacial score (nSPS) is 18.9. The highest BCUT2D eigenvalue weighted by atomic mass is 16.5. The van der Waals surface area contributed by atoms with Gasteiger partial charge in [0.25, 0.3) is 0 Å². The van der Waals surface area contributed by atoms with Crippen molar-refractivity contribution < 1.29 is 57.2 Å². The molecular formula is C44H60N2O10+2. The summed E-state index contributed by atoms with van der Waals surface area (Å²) in [5, 5.41) is 20.1. The fraction of sp³-hybridized carbons (Fsp3) is 0.500. The molecule has 12 nitrogen and oxygen atoms in total. The average Bonchev–Trinajstić information content (AvgIpc) is 3.22. The Kier molecular flexibility index (Phi) is 15.3. The number of morpholine rings is 1. The number of ether oxygens (including phenoxy) is 6. The molecule has 3 aromatic carbocycles. The Morgan fingerprint density at radius 2 is 1.38 bits per heavy atom. The van der Waals surface area contributed by atoms with Gasteiger partial charge in [-0.25, -0.2) is 9.59 Å². The van der Waals surface area contributed by atoms with E-state index in [0.29, 0.717) is 48.5 Å². The molecule has 12 heteroatoms. The Balaban J connectivity index is 1.12. The summed E-state index contributed by atoms with van der Waals surface area (Å²) in [5.74, 6) is 1.03. The van der Waals surface area contributed by atoms with E-state index in [1.54, 1.807) is 21.3 Å². The molecule has 1 fully saturated rings. The Morgan fingerprint density at radius 3 is 2.02 bits per heavy atom. The van der Waals surface area contributed by atoms with Crippen LogP contribution in [-0.2, 0) is 56.4 Å². The zero-order valence-corrected chi connectivity index (χ0v) is 33.7. The van der Waals surface area contributed by atoms with Crippen LogP contribution in [0.1, 0.15) is 57.8 Å². The van der Waals surface area contributed by atoms with Crippen molar-refractivity contribution >= 4 is 11.9 Å². The lowest BCUT2D eigenvalue weighted by atomic mass is 9.84. The van der Waals surface area contributed by atoms with Gasteiger partial charge in [0.05, 0.1) is 87.7 Å². The zero-order chi connectivity index (χ0) is 40.1. The second kappa shape index (κ2) is 20.1. The average molecular weight is 777 g/mol. The number of hydrogen-bond donors (Lipinski definition) is 2. The number of nitrogens with zero attached hydrogens (tertiary/aromatic N) is 2. The number of aliphatic hydroxyl groups excluding tert-OH is 2. The maximum absolute atomic E-state index is 12.6. The predicted octanol–water partition coefficient (Wildman–Crippen LogP) is 4.76. The Morgan fingerprint density at radius 1 is 0.768 bits per heavy atom. The lowest BCUT2D eigenvalue weighted by Gasteiger charge is -2.46. The summed E-state index contributed by atoms with van der Waals surface area (Å²) in [7, 11) is 7.14. The van der Waals surface area contributed by atoms with E-state index in [1.807, 2.05) is 37.3 Å². The summed E-state index contributed by atoms with van der Waals surface area (Å²) >= 11 is 0. The third-order valence-electron chi connectivity index (χ3n) is 11.5. The molecule has 0 spiro atoms. The largest absolute Gasteiger partial charge is 0.496 e. The van der Waals surface area contributed by atoms with Gasteiger partial charge in [-0.1, -0.05) is 24.3 Å². The van der Waals surface area contributed by atoms with Crippen LogP contribution in [0.3, 0.4) is 0 Å². The van der Waals surface area contributed by atoms with Crippen LogP contribution in [0.4, 0.5) is 0 Å². The van der Waals surface area contributed by atoms with E-state index in [2.05, 4.69) is 25.2 Å². The van der Waals surface area contributed by atoms with Gasteiger partial charge in [0.15, 0.2) is 11.5 Å². The molecular weight excluding hydrogens is 716 g/mol. The SMILES string of the molecule is COc1cc(C[N+]2(CCCOC(=O)/C=C\C(=O)OCCC[N@+]3(C)CCc4cc(CO)c(CO)cc4[C@H]3Cc3ccc(OC)c(OC)c3)CCOCC2)ccc1C. The molecule has 2 N–H and O–H groups in total. The van der Waals surface area contributed by atoms with Gasteiger partial charge in [-0.15, -0.1) is 0 Å². The first-order valence-electron chi connectivity index (χ1n) is 19.5. The van der Waals surface area contributed by atoms with Crippen LogP contribution in [0.15, 0.2) is 60.7 Å². The van der Waals surface area contributed by atoms with Crippen molar-refractivity contribution in [1.29, 1.82) is 0 Å². The molecule has 2 heterocycles. The molecule has 0 amide bonds. The van der Waals surface area contributed by atoms with Gasteiger partial charge >= 0.3 is 11.9 Å². The summed E-state index contributed by atoms with van der Waals surface area (Å²) in [6.45, 7) is 8.61. The van der Waals surface area contributed by atoms with Gasteiger partial charge in [0.2, 0.25) is 0 Å². The molecule has 0 aliphatic carbocycles. The highest BCUT2D eigenvalue weighted by Crippen LogP contribution is 2.40. The van der Waals surface area contributed by atoms with Crippen LogP contribution >= 0.6 is 0 Å². The summed E-state index contributed by atoms with van der Waals surface area (Å²) in [4.78, 5) is 25.1. The van der Waals surface area contributed by atoms with Crippen molar-refractivity contribution in [3.8, 4) is 17.2 Å². The number of methoxy groups -OCH3 is 3. The number of aliphatic hydroxyl groups is 2. The summed E-state index contributed by atoms with van der Waals surface area (Å²) < 4.78 is 34.8. The quantitative estimate of drug-likeness (QED) is 0.0761. The van der Waals surface area contributed by atoms with E-state index >= 15 is 0 Å². The van der Waals surface area contributed by atoms with E-state index in [0.717, 1.165) is 95.9 Å².